The predicted molar refractivity (Wildman–Crippen MR) is 69.4 cm³/mol. The molecule has 0 unspecified atom stereocenters. The van der Waals surface area contributed by atoms with Gasteiger partial charge in [0.25, 0.3) is 5.91 Å². The van der Waals surface area contributed by atoms with Crippen molar-refractivity contribution in [1.29, 1.82) is 0 Å². The van der Waals surface area contributed by atoms with E-state index in [4.69, 9.17) is 5.73 Å². The van der Waals surface area contributed by atoms with E-state index in [9.17, 15) is 4.79 Å². The number of aryl methyl sites for hydroxylation is 1. The number of benzene rings is 1. The van der Waals surface area contributed by atoms with E-state index in [0.717, 1.165) is 17.7 Å². The predicted octanol–water partition coefficient (Wildman–Crippen LogP) is 1.21. The molecule has 2 N–H and O–H groups in total. The average molecular weight is 242 g/mol. The number of carbonyl (C=O) groups excluding carboxylic acids is 1. The van der Waals surface area contributed by atoms with Gasteiger partial charge in [-0.3, -0.25) is 9.48 Å². The summed E-state index contributed by atoms with van der Waals surface area (Å²) in [6, 6.07) is 7.43. The topological polar surface area (TPSA) is 64.2 Å². The van der Waals surface area contributed by atoms with Crippen LogP contribution in [0, 0.1) is 0 Å². The van der Waals surface area contributed by atoms with Crippen LogP contribution in [-0.2, 0) is 13.5 Å². The number of amides is 1. The minimum Gasteiger partial charge on any atom is -0.399 e. The lowest BCUT2D eigenvalue weighted by molar-refractivity contribution is 0.0984. The minimum atomic E-state index is -0.0695. The second-order valence-electron chi connectivity index (χ2n) is 4.47. The molecule has 0 bridgehead atoms. The van der Waals surface area contributed by atoms with Crippen LogP contribution in [0.5, 0.6) is 0 Å². The average Bonchev–Trinajstić information content (AvgIpc) is 2.94. The van der Waals surface area contributed by atoms with E-state index >= 15 is 0 Å². The van der Waals surface area contributed by atoms with Crippen molar-refractivity contribution in [2.45, 2.75) is 6.42 Å². The zero-order valence-corrected chi connectivity index (χ0v) is 10.1. The zero-order valence-electron chi connectivity index (χ0n) is 10.1. The van der Waals surface area contributed by atoms with E-state index in [1.165, 1.54) is 0 Å². The van der Waals surface area contributed by atoms with Crippen molar-refractivity contribution in [3.63, 3.8) is 0 Å². The summed E-state index contributed by atoms with van der Waals surface area (Å²) in [5, 5.41) is 4.14. The third kappa shape index (κ3) is 1.64. The van der Waals surface area contributed by atoms with Gasteiger partial charge < -0.3 is 10.6 Å². The Bertz CT molecular complexity index is 617. The minimum absolute atomic E-state index is 0.0695. The normalized spacial score (nSPS) is 13.7. The highest BCUT2D eigenvalue weighted by Crippen LogP contribution is 2.30. The van der Waals surface area contributed by atoms with Crippen molar-refractivity contribution in [2.24, 2.45) is 7.05 Å². The Labute approximate surface area is 105 Å². The third-order valence-corrected chi connectivity index (χ3v) is 3.18. The molecule has 1 aliphatic heterocycles. The van der Waals surface area contributed by atoms with Crippen LogP contribution in [0.2, 0.25) is 0 Å². The van der Waals surface area contributed by atoms with Crippen LogP contribution in [0.25, 0.3) is 0 Å². The lowest BCUT2D eigenvalue weighted by Crippen LogP contribution is -2.29. The first-order valence-corrected chi connectivity index (χ1v) is 5.85. The highest BCUT2D eigenvalue weighted by molar-refractivity contribution is 6.06. The summed E-state index contributed by atoms with van der Waals surface area (Å²) in [5.41, 5.74) is 8.99. The smallest absolute Gasteiger partial charge is 0.278 e. The second kappa shape index (κ2) is 3.87. The van der Waals surface area contributed by atoms with Crippen LogP contribution in [0.4, 0.5) is 11.4 Å². The fourth-order valence-corrected chi connectivity index (χ4v) is 2.27. The Morgan fingerprint density at radius 1 is 1.39 bits per heavy atom. The van der Waals surface area contributed by atoms with Gasteiger partial charge in [-0.25, -0.2) is 0 Å². The Morgan fingerprint density at radius 2 is 2.22 bits per heavy atom. The van der Waals surface area contributed by atoms with Crippen molar-refractivity contribution in [3.8, 4) is 0 Å². The van der Waals surface area contributed by atoms with Crippen LogP contribution >= 0.6 is 0 Å². The molecule has 0 saturated heterocycles. The lowest BCUT2D eigenvalue weighted by Gasteiger charge is -2.16. The Balaban J connectivity index is 1.96. The largest absolute Gasteiger partial charge is 0.399 e. The van der Waals surface area contributed by atoms with Crippen molar-refractivity contribution in [2.75, 3.05) is 17.2 Å². The molecule has 1 aromatic carbocycles. The number of nitrogen functional groups attached to an aromatic ring is 1. The molecular formula is C13H14N4O. The molecule has 3 rings (SSSR count). The molecule has 0 radical (unpaired) electrons. The van der Waals surface area contributed by atoms with Crippen molar-refractivity contribution >= 4 is 17.3 Å². The van der Waals surface area contributed by atoms with Crippen LogP contribution in [-0.4, -0.2) is 22.2 Å². The maximum absolute atomic E-state index is 12.3. The SMILES string of the molecule is Cn1ccc(C(=O)N2CCc3ccc(N)cc32)n1. The molecule has 0 atom stereocenters. The molecule has 1 amide bonds. The summed E-state index contributed by atoms with van der Waals surface area (Å²) in [6.07, 6.45) is 2.64. The van der Waals surface area contributed by atoms with Gasteiger partial charge in [0.05, 0.1) is 0 Å². The van der Waals surface area contributed by atoms with Gasteiger partial charge >= 0.3 is 0 Å². The fourth-order valence-electron chi connectivity index (χ4n) is 2.27. The van der Waals surface area contributed by atoms with Gasteiger partial charge in [-0.1, -0.05) is 6.07 Å². The number of fused-ring (bicyclic) bond motifs is 1. The third-order valence-electron chi connectivity index (χ3n) is 3.18. The van der Waals surface area contributed by atoms with Crippen molar-refractivity contribution in [1.82, 2.24) is 9.78 Å². The first-order valence-electron chi connectivity index (χ1n) is 5.85. The molecule has 0 aliphatic carbocycles. The second-order valence-corrected chi connectivity index (χ2v) is 4.47. The highest BCUT2D eigenvalue weighted by atomic mass is 16.2. The number of hydrogen-bond donors (Lipinski definition) is 1. The summed E-state index contributed by atoms with van der Waals surface area (Å²) in [6.45, 7) is 0.689. The van der Waals surface area contributed by atoms with Crippen LogP contribution in [0.1, 0.15) is 16.1 Å². The Morgan fingerprint density at radius 3 is 2.94 bits per heavy atom. The van der Waals surface area contributed by atoms with Gasteiger partial charge in [-0.05, 0) is 30.2 Å². The van der Waals surface area contributed by atoms with E-state index < -0.39 is 0 Å². The number of nitrogens with zero attached hydrogens (tertiary/aromatic N) is 3. The molecular weight excluding hydrogens is 228 g/mol. The molecule has 0 saturated carbocycles. The molecule has 0 spiro atoms. The molecule has 5 nitrogen and oxygen atoms in total. The van der Waals surface area contributed by atoms with E-state index in [2.05, 4.69) is 5.10 Å². The van der Waals surface area contributed by atoms with Crippen LogP contribution in [0.3, 0.4) is 0 Å². The van der Waals surface area contributed by atoms with Crippen LogP contribution < -0.4 is 10.6 Å². The lowest BCUT2D eigenvalue weighted by atomic mass is 10.1. The van der Waals surface area contributed by atoms with E-state index in [-0.39, 0.29) is 5.91 Å². The van der Waals surface area contributed by atoms with Gasteiger partial charge in [0, 0.05) is 31.2 Å². The summed E-state index contributed by atoms with van der Waals surface area (Å²) in [7, 11) is 1.80. The van der Waals surface area contributed by atoms with Gasteiger partial charge in [0.15, 0.2) is 5.69 Å². The number of anilines is 2. The van der Waals surface area contributed by atoms with E-state index in [0.29, 0.717) is 17.9 Å². The molecule has 18 heavy (non-hydrogen) atoms. The summed E-state index contributed by atoms with van der Waals surface area (Å²) in [5.74, 6) is -0.0695. The summed E-state index contributed by atoms with van der Waals surface area (Å²) in [4.78, 5) is 14.1. The number of aromatic nitrogens is 2. The molecule has 1 aromatic heterocycles. The monoisotopic (exact) mass is 242 g/mol. The Hall–Kier alpha value is -2.30. The molecule has 1 aliphatic rings. The number of nitrogens with two attached hydrogens (primary N) is 1. The molecule has 92 valence electrons. The maximum atomic E-state index is 12.3. The number of rotatable bonds is 1. The zero-order chi connectivity index (χ0) is 12.7. The van der Waals surface area contributed by atoms with E-state index in [1.54, 1.807) is 28.9 Å². The summed E-state index contributed by atoms with van der Waals surface area (Å²) < 4.78 is 1.63. The van der Waals surface area contributed by atoms with Gasteiger partial charge in [-0.15, -0.1) is 0 Å². The maximum Gasteiger partial charge on any atom is 0.278 e. The van der Waals surface area contributed by atoms with Crippen molar-refractivity contribution in [3.05, 3.63) is 41.7 Å². The van der Waals surface area contributed by atoms with Crippen LogP contribution in [0.15, 0.2) is 30.5 Å². The molecule has 2 aromatic rings. The highest BCUT2D eigenvalue weighted by Gasteiger charge is 2.26. The van der Waals surface area contributed by atoms with E-state index in [1.807, 2.05) is 18.2 Å². The quantitative estimate of drug-likeness (QED) is 0.764. The van der Waals surface area contributed by atoms with Crippen molar-refractivity contribution < 1.29 is 4.79 Å². The number of carbonyl (C=O) groups is 1. The molecule has 5 heteroatoms. The molecule has 2 heterocycles. The first kappa shape index (κ1) is 10.8. The van der Waals surface area contributed by atoms with Gasteiger partial charge in [-0.2, -0.15) is 5.10 Å². The van der Waals surface area contributed by atoms with Gasteiger partial charge in [0.1, 0.15) is 0 Å². The molecule has 0 fully saturated rings. The first-order chi connectivity index (χ1) is 8.65. The fraction of sp³-hybridized carbons (Fsp3) is 0.231. The summed E-state index contributed by atoms with van der Waals surface area (Å²) >= 11 is 0. The standard InChI is InChI=1S/C13H14N4O/c1-16-6-5-11(15-16)13(18)17-7-4-9-2-3-10(14)8-12(9)17/h2-3,5-6,8H,4,7,14H2,1H3. The Kier molecular flexibility index (Phi) is 2.33. The van der Waals surface area contributed by atoms with Gasteiger partial charge in [0.2, 0.25) is 0 Å². The number of hydrogen-bond acceptors (Lipinski definition) is 3.